The van der Waals surface area contributed by atoms with Crippen LogP contribution in [0.3, 0.4) is 0 Å². The van der Waals surface area contributed by atoms with Gasteiger partial charge in [0.2, 0.25) is 5.91 Å². The van der Waals surface area contributed by atoms with Crippen LogP contribution in [0.2, 0.25) is 0 Å². The van der Waals surface area contributed by atoms with Crippen LogP contribution < -0.4 is 9.46 Å². The number of ether oxygens (including phenoxy) is 1. The van der Waals surface area contributed by atoms with Crippen molar-refractivity contribution < 1.29 is 27.9 Å². The minimum atomic E-state index is -3.99. The van der Waals surface area contributed by atoms with Crippen LogP contribution in [0.1, 0.15) is 91.1 Å². The summed E-state index contributed by atoms with van der Waals surface area (Å²) in [5.41, 5.74) is 4.92. The minimum Gasteiger partial charge on any atom is -0.508 e. The van der Waals surface area contributed by atoms with Crippen LogP contribution in [0.25, 0.3) is 22.2 Å². The number of hydrogen-bond donors (Lipinski definition) is 2. The number of methoxy groups -OCH3 is 1. The summed E-state index contributed by atoms with van der Waals surface area (Å²) in [5.74, 6) is 1.10. The third kappa shape index (κ3) is 6.98. The second kappa shape index (κ2) is 14.0. The maximum absolute atomic E-state index is 14.5. The summed E-state index contributed by atoms with van der Waals surface area (Å²) in [6.45, 7) is 1.79. The Morgan fingerprint density at radius 3 is 2.25 bits per heavy atom. The van der Waals surface area contributed by atoms with Crippen molar-refractivity contribution in [3.63, 3.8) is 0 Å². The number of rotatable bonds is 10. The van der Waals surface area contributed by atoms with E-state index in [0.717, 1.165) is 89.1 Å². The molecule has 2 N–H and O–H groups in total. The van der Waals surface area contributed by atoms with Crippen LogP contribution in [0, 0.1) is 5.41 Å². The first-order valence-corrected chi connectivity index (χ1v) is 19.6. The number of likely N-dealkylation sites (tertiary alicyclic amines) is 1. The van der Waals surface area contributed by atoms with Gasteiger partial charge in [0.15, 0.2) is 0 Å². The number of carbonyl (C=O) groups excluding carboxylic acids is 2. The SMILES string of the molecule is COc1ccc(-c2c(C3CCCCC3)c3ccc(C(=O)NS(=O)(=O)N(C)C)cc3n2CC2(C(=O)N3CCC(c4cccc(O)c4)CC3)CC2)cc1. The molecule has 10 nitrogen and oxygen atoms in total. The number of phenols is 1. The van der Waals surface area contributed by atoms with Gasteiger partial charge in [-0.25, -0.2) is 4.72 Å². The molecular weight excluding hydrogens is 665 g/mol. The molecule has 2 aliphatic carbocycles. The van der Waals surface area contributed by atoms with Crippen molar-refractivity contribution in [1.29, 1.82) is 0 Å². The lowest BCUT2D eigenvalue weighted by atomic mass is 9.81. The molecule has 0 unspecified atom stereocenters. The molecule has 2 saturated carbocycles. The number of nitrogens with zero attached hydrogens (tertiary/aromatic N) is 3. The Bertz CT molecular complexity index is 2040. The van der Waals surface area contributed by atoms with E-state index < -0.39 is 21.5 Å². The van der Waals surface area contributed by atoms with Crippen molar-refractivity contribution in [2.24, 2.45) is 5.41 Å². The molecule has 51 heavy (non-hydrogen) atoms. The quantitative estimate of drug-likeness (QED) is 0.187. The lowest BCUT2D eigenvalue weighted by molar-refractivity contribution is -0.138. The summed E-state index contributed by atoms with van der Waals surface area (Å²) in [4.78, 5) is 29.9. The molecule has 0 bridgehead atoms. The number of nitrogens with one attached hydrogen (secondary N) is 1. The van der Waals surface area contributed by atoms with E-state index in [-0.39, 0.29) is 17.2 Å². The van der Waals surface area contributed by atoms with Crippen molar-refractivity contribution in [1.82, 2.24) is 18.5 Å². The molecular formula is C40H48N4O6S. The highest BCUT2D eigenvalue weighted by Crippen LogP contribution is 2.52. The number of amides is 2. The highest BCUT2D eigenvalue weighted by Gasteiger charge is 2.53. The molecule has 3 aliphatic rings. The van der Waals surface area contributed by atoms with Gasteiger partial charge in [0.05, 0.1) is 18.2 Å². The van der Waals surface area contributed by atoms with E-state index in [2.05, 4.69) is 27.5 Å². The Morgan fingerprint density at radius 1 is 0.922 bits per heavy atom. The number of hydrogen-bond acceptors (Lipinski definition) is 6. The van der Waals surface area contributed by atoms with Gasteiger partial charge < -0.3 is 19.3 Å². The van der Waals surface area contributed by atoms with Gasteiger partial charge in [0.25, 0.3) is 5.91 Å². The minimum absolute atomic E-state index is 0.171. The van der Waals surface area contributed by atoms with E-state index in [4.69, 9.17) is 4.74 Å². The Balaban J connectivity index is 1.29. The van der Waals surface area contributed by atoms with Crippen LogP contribution in [0.15, 0.2) is 66.7 Å². The molecule has 11 heteroatoms. The van der Waals surface area contributed by atoms with Crippen LogP contribution in [-0.2, 0) is 21.5 Å². The molecule has 1 saturated heterocycles. The molecule has 3 aromatic carbocycles. The highest BCUT2D eigenvalue weighted by molar-refractivity contribution is 7.87. The van der Waals surface area contributed by atoms with E-state index in [0.29, 0.717) is 31.5 Å². The number of piperidine rings is 1. The maximum atomic E-state index is 14.5. The number of carbonyl (C=O) groups is 2. The average Bonchev–Trinajstić information content (AvgIpc) is 3.86. The molecule has 7 rings (SSSR count). The molecule has 0 spiro atoms. The number of phenolic OH excluding ortho intramolecular Hbond substituents is 1. The fraction of sp³-hybridized carbons (Fsp3) is 0.450. The standard InChI is InChI=1S/C40H48N4O6S/c1-42(2)51(48,49)41-38(46)31-14-17-34-35(25-31)44(37(29-12-15-33(50-3)16-13-29)36(34)28-8-5-4-6-9-28)26-40(20-21-40)39(47)43-22-18-27(19-23-43)30-10-7-11-32(45)24-30/h7,10-17,24-25,27-28,45H,4-6,8-9,18-23,26H2,1-3H3,(H,41,46). The molecule has 0 atom stereocenters. The number of aromatic hydroxyl groups is 1. The van der Waals surface area contributed by atoms with Gasteiger partial charge in [-0.2, -0.15) is 12.7 Å². The summed E-state index contributed by atoms with van der Waals surface area (Å²) in [6.07, 6.45) is 8.85. The Hall–Kier alpha value is -4.35. The first-order chi connectivity index (χ1) is 24.5. The first kappa shape index (κ1) is 35.1. The smallest absolute Gasteiger partial charge is 0.303 e. The Kier molecular flexibility index (Phi) is 9.62. The Labute approximate surface area is 300 Å². The third-order valence-corrected chi connectivity index (χ3v) is 12.7. The fourth-order valence-corrected chi connectivity index (χ4v) is 8.77. The Morgan fingerprint density at radius 2 is 1.63 bits per heavy atom. The molecule has 270 valence electrons. The van der Waals surface area contributed by atoms with Gasteiger partial charge in [0.1, 0.15) is 11.5 Å². The van der Waals surface area contributed by atoms with Crippen LogP contribution in [-0.4, -0.2) is 73.4 Å². The van der Waals surface area contributed by atoms with Crippen molar-refractivity contribution in [2.75, 3.05) is 34.3 Å². The number of fused-ring (bicyclic) bond motifs is 1. The third-order valence-electron chi connectivity index (χ3n) is 11.3. The van der Waals surface area contributed by atoms with Gasteiger partial charge in [-0.3, -0.25) is 9.59 Å². The molecule has 3 fully saturated rings. The maximum Gasteiger partial charge on any atom is 0.303 e. The fourth-order valence-electron chi connectivity index (χ4n) is 8.24. The van der Waals surface area contributed by atoms with Gasteiger partial charge in [-0.15, -0.1) is 0 Å². The van der Waals surface area contributed by atoms with Gasteiger partial charge in [-0.05, 0) is 116 Å². The van der Waals surface area contributed by atoms with E-state index >= 15 is 0 Å². The van der Waals surface area contributed by atoms with Gasteiger partial charge >= 0.3 is 10.2 Å². The predicted molar refractivity (Wildman–Crippen MR) is 198 cm³/mol. The molecule has 2 amide bonds. The van der Waals surface area contributed by atoms with Crippen LogP contribution in [0.5, 0.6) is 11.5 Å². The van der Waals surface area contributed by atoms with E-state index in [1.54, 1.807) is 25.3 Å². The lowest BCUT2D eigenvalue weighted by Gasteiger charge is -2.35. The van der Waals surface area contributed by atoms with Crippen molar-refractivity contribution in [3.05, 3.63) is 83.4 Å². The summed E-state index contributed by atoms with van der Waals surface area (Å²) >= 11 is 0. The second-order valence-corrected chi connectivity index (χ2v) is 16.7. The first-order valence-electron chi connectivity index (χ1n) is 18.1. The van der Waals surface area contributed by atoms with Gasteiger partial charge in [-0.1, -0.05) is 37.5 Å². The van der Waals surface area contributed by atoms with E-state index in [9.17, 15) is 23.1 Å². The van der Waals surface area contributed by atoms with Crippen molar-refractivity contribution in [3.8, 4) is 22.8 Å². The summed E-state index contributed by atoms with van der Waals surface area (Å²) < 4.78 is 36.1. The zero-order valence-electron chi connectivity index (χ0n) is 29.7. The summed E-state index contributed by atoms with van der Waals surface area (Å²) in [7, 11) is 0.413. The molecule has 0 radical (unpaired) electrons. The predicted octanol–water partition coefficient (Wildman–Crippen LogP) is 6.79. The topological polar surface area (TPSA) is 121 Å². The van der Waals surface area contributed by atoms with Crippen molar-refractivity contribution >= 4 is 32.9 Å². The van der Waals surface area contributed by atoms with Crippen molar-refractivity contribution in [2.45, 2.75) is 76.2 Å². The number of benzene rings is 3. The van der Waals surface area contributed by atoms with E-state index in [1.165, 1.54) is 26.1 Å². The number of aromatic nitrogens is 1. The largest absolute Gasteiger partial charge is 0.508 e. The summed E-state index contributed by atoms with van der Waals surface area (Å²) in [5, 5.41) is 11.1. The van der Waals surface area contributed by atoms with Crippen LogP contribution in [0.4, 0.5) is 0 Å². The normalized spacial score (nSPS) is 18.2. The average molecular weight is 713 g/mol. The van der Waals surface area contributed by atoms with Crippen LogP contribution >= 0.6 is 0 Å². The highest BCUT2D eigenvalue weighted by atomic mass is 32.2. The molecule has 1 aromatic heterocycles. The second-order valence-electron chi connectivity index (χ2n) is 14.8. The monoisotopic (exact) mass is 712 g/mol. The summed E-state index contributed by atoms with van der Waals surface area (Å²) in [6, 6.07) is 21.0. The van der Waals surface area contributed by atoms with E-state index in [1.807, 2.05) is 35.2 Å². The lowest BCUT2D eigenvalue weighted by Crippen LogP contribution is -2.43. The molecule has 2 heterocycles. The zero-order valence-corrected chi connectivity index (χ0v) is 30.5. The molecule has 4 aromatic rings. The zero-order chi connectivity index (χ0) is 35.9. The van der Waals surface area contributed by atoms with Gasteiger partial charge in [0, 0.05) is 50.2 Å². The molecule has 1 aliphatic heterocycles.